The zero-order valence-corrected chi connectivity index (χ0v) is 7.20. The summed E-state index contributed by atoms with van der Waals surface area (Å²) in [6, 6.07) is 0. The Kier molecular flexibility index (Phi) is 2.13. The third-order valence-electron chi connectivity index (χ3n) is 1.28. The van der Waals surface area contributed by atoms with Crippen LogP contribution in [0, 0.1) is 0 Å². The molecule has 1 saturated heterocycles. The maximum Gasteiger partial charge on any atom is 0.257 e. The Hall–Kier alpha value is -0.280. The highest BCUT2D eigenvalue weighted by atomic mass is 32.3. The Labute approximate surface area is 67.9 Å². The van der Waals surface area contributed by atoms with Gasteiger partial charge >= 0.3 is 0 Å². The van der Waals surface area contributed by atoms with E-state index in [0.29, 0.717) is 0 Å². The van der Waals surface area contributed by atoms with Gasteiger partial charge in [-0.1, -0.05) is 0 Å². The summed E-state index contributed by atoms with van der Waals surface area (Å²) >= 11 is 0. The van der Waals surface area contributed by atoms with Gasteiger partial charge in [0, 0.05) is 6.42 Å². The topological polar surface area (TPSA) is 80.3 Å². The van der Waals surface area contributed by atoms with Crippen molar-refractivity contribution in [2.24, 2.45) is 0 Å². The predicted molar refractivity (Wildman–Crippen MR) is 35.4 cm³/mol. The van der Waals surface area contributed by atoms with Crippen LogP contribution in [0.25, 0.3) is 0 Å². The van der Waals surface area contributed by atoms with Crippen LogP contribution in [0.15, 0.2) is 0 Å². The highest BCUT2D eigenvalue weighted by molar-refractivity contribution is 8.05. The van der Waals surface area contributed by atoms with E-state index < -0.39 is 37.5 Å². The molecular weight excluding hydrogens is 216 g/mol. The minimum atomic E-state index is -4.55. The van der Waals surface area contributed by atoms with Gasteiger partial charge in [-0.05, 0) is 0 Å². The van der Waals surface area contributed by atoms with Gasteiger partial charge in [-0.3, -0.25) is 0 Å². The largest absolute Gasteiger partial charge is 0.257 e. The van der Waals surface area contributed by atoms with Gasteiger partial charge < -0.3 is 0 Å². The summed E-state index contributed by atoms with van der Waals surface area (Å²) in [7, 11) is -9.09. The van der Waals surface area contributed by atoms with E-state index >= 15 is 0 Å². The lowest BCUT2D eigenvalue weighted by molar-refractivity contribution is 0.309. The zero-order valence-electron chi connectivity index (χ0n) is 5.57. The number of alkyl halides is 2. The number of hydrogen-bond donors (Lipinski definition) is 1. The van der Waals surface area contributed by atoms with Crippen LogP contribution in [0.1, 0.15) is 6.42 Å². The SMILES string of the molecule is O=S1(=O)NS(=O)(=O)C(F)CC1F. The molecule has 12 heavy (non-hydrogen) atoms. The van der Waals surface area contributed by atoms with Crippen molar-refractivity contribution < 1.29 is 25.6 Å². The van der Waals surface area contributed by atoms with Crippen molar-refractivity contribution in [2.45, 2.75) is 17.4 Å². The first-order valence-corrected chi connectivity index (χ1v) is 5.89. The molecule has 5 nitrogen and oxygen atoms in total. The molecule has 0 bridgehead atoms. The van der Waals surface area contributed by atoms with Gasteiger partial charge in [0.2, 0.25) is 11.0 Å². The molecule has 2 atom stereocenters. The highest BCUT2D eigenvalue weighted by Gasteiger charge is 2.44. The number of halogens is 2. The van der Waals surface area contributed by atoms with Crippen molar-refractivity contribution in [1.29, 1.82) is 0 Å². The van der Waals surface area contributed by atoms with Gasteiger partial charge in [0.25, 0.3) is 20.0 Å². The van der Waals surface area contributed by atoms with Crippen LogP contribution in [-0.4, -0.2) is 27.8 Å². The van der Waals surface area contributed by atoms with E-state index in [0.717, 1.165) is 4.13 Å². The molecule has 9 heteroatoms. The van der Waals surface area contributed by atoms with E-state index in [1.807, 2.05) is 0 Å². The van der Waals surface area contributed by atoms with E-state index in [1.54, 1.807) is 0 Å². The normalized spacial score (nSPS) is 39.2. The van der Waals surface area contributed by atoms with E-state index in [2.05, 4.69) is 0 Å². The van der Waals surface area contributed by atoms with Gasteiger partial charge in [0.1, 0.15) is 0 Å². The van der Waals surface area contributed by atoms with Crippen molar-refractivity contribution in [3.05, 3.63) is 0 Å². The van der Waals surface area contributed by atoms with Crippen molar-refractivity contribution in [3.8, 4) is 0 Å². The lowest BCUT2D eigenvalue weighted by Crippen LogP contribution is -2.47. The standard InChI is InChI=1S/C3H5F2NO4S2/c4-2-1-3(5)12(9,10)6-11(2,7)8/h2-3,6H,1H2. The average Bonchev–Trinajstić information content (AvgIpc) is 1.82. The monoisotopic (exact) mass is 221 g/mol. The summed E-state index contributed by atoms with van der Waals surface area (Å²) in [6.45, 7) is 0. The van der Waals surface area contributed by atoms with Crippen molar-refractivity contribution in [1.82, 2.24) is 4.13 Å². The fourth-order valence-corrected chi connectivity index (χ4v) is 3.76. The second-order valence-electron chi connectivity index (χ2n) is 2.23. The van der Waals surface area contributed by atoms with E-state index in [1.165, 1.54) is 0 Å². The summed E-state index contributed by atoms with van der Waals surface area (Å²) in [6.07, 6.45) is -1.17. The van der Waals surface area contributed by atoms with Crippen molar-refractivity contribution in [2.75, 3.05) is 0 Å². The fourth-order valence-electron chi connectivity index (χ4n) is 0.665. The molecule has 1 fully saturated rings. The first kappa shape index (κ1) is 9.81. The molecule has 0 aliphatic carbocycles. The molecule has 72 valence electrons. The van der Waals surface area contributed by atoms with Crippen LogP contribution < -0.4 is 4.13 Å². The zero-order chi connectivity index (χ0) is 9.57. The number of sulfonamides is 2. The fraction of sp³-hybridized carbons (Fsp3) is 1.00. The van der Waals surface area contributed by atoms with Crippen LogP contribution in [0.2, 0.25) is 0 Å². The molecule has 1 aliphatic rings. The Morgan fingerprint density at radius 2 is 1.33 bits per heavy atom. The first-order chi connectivity index (χ1) is 5.26. The first-order valence-electron chi connectivity index (χ1n) is 2.80. The summed E-state index contributed by atoms with van der Waals surface area (Å²) in [5.74, 6) is 0. The third kappa shape index (κ3) is 1.57. The Morgan fingerprint density at radius 3 is 1.58 bits per heavy atom. The van der Waals surface area contributed by atoms with E-state index in [9.17, 15) is 25.6 Å². The molecule has 0 radical (unpaired) electrons. The molecule has 1 aliphatic heterocycles. The van der Waals surface area contributed by atoms with E-state index in [-0.39, 0.29) is 0 Å². The van der Waals surface area contributed by atoms with Crippen LogP contribution in [0.5, 0.6) is 0 Å². The molecule has 0 amide bonds. The second kappa shape index (κ2) is 2.60. The minimum absolute atomic E-state index is 0.926. The van der Waals surface area contributed by atoms with E-state index in [4.69, 9.17) is 0 Å². The van der Waals surface area contributed by atoms with Crippen molar-refractivity contribution in [3.63, 3.8) is 0 Å². The summed E-state index contributed by atoms with van der Waals surface area (Å²) < 4.78 is 67.8. The van der Waals surface area contributed by atoms with Crippen LogP contribution in [0.4, 0.5) is 8.78 Å². The molecule has 1 heterocycles. The molecule has 0 spiro atoms. The number of hydrogen-bond acceptors (Lipinski definition) is 4. The van der Waals surface area contributed by atoms with Crippen LogP contribution in [-0.2, 0) is 20.0 Å². The van der Waals surface area contributed by atoms with Crippen molar-refractivity contribution >= 4 is 20.0 Å². The van der Waals surface area contributed by atoms with Gasteiger partial charge in [-0.25, -0.2) is 25.6 Å². The molecule has 1 N–H and O–H groups in total. The predicted octanol–water partition coefficient (Wildman–Crippen LogP) is -0.769. The van der Waals surface area contributed by atoms with Gasteiger partial charge in [0.05, 0.1) is 0 Å². The molecule has 0 saturated carbocycles. The molecule has 1 rings (SSSR count). The second-order valence-corrected chi connectivity index (χ2v) is 6.10. The van der Waals surface area contributed by atoms with Gasteiger partial charge in [-0.2, -0.15) is 0 Å². The summed E-state index contributed by atoms with van der Waals surface area (Å²) in [5.41, 5.74) is -5.01. The number of rotatable bonds is 0. The Bertz CT molecular complexity index is 337. The van der Waals surface area contributed by atoms with Gasteiger partial charge in [-0.15, -0.1) is 4.13 Å². The molecular formula is C3H5F2NO4S2. The van der Waals surface area contributed by atoms with Crippen LogP contribution >= 0.6 is 0 Å². The molecule has 0 aromatic heterocycles. The maximum absolute atomic E-state index is 12.4. The highest BCUT2D eigenvalue weighted by Crippen LogP contribution is 2.21. The molecule has 0 aromatic rings. The Morgan fingerprint density at radius 1 is 1.00 bits per heavy atom. The lowest BCUT2D eigenvalue weighted by Gasteiger charge is -2.19. The third-order valence-corrected chi connectivity index (χ3v) is 4.87. The smallest absolute Gasteiger partial charge is 0.228 e. The number of nitrogens with one attached hydrogen (secondary N) is 1. The van der Waals surface area contributed by atoms with Crippen LogP contribution in [0.3, 0.4) is 0 Å². The molecule has 0 aromatic carbocycles. The minimum Gasteiger partial charge on any atom is -0.228 e. The molecule has 2 unspecified atom stereocenters. The Balaban J connectivity index is 3.10. The lowest BCUT2D eigenvalue weighted by atomic mass is 10.5. The quantitative estimate of drug-likeness (QED) is 0.582. The average molecular weight is 221 g/mol. The maximum atomic E-state index is 12.4. The summed E-state index contributed by atoms with van der Waals surface area (Å²) in [5, 5.41) is 0. The summed E-state index contributed by atoms with van der Waals surface area (Å²) in [4.78, 5) is 0. The van der Waals surface area contributed by atoms with Gasteiger partial charge in [0.15, 0.2) is 0 Å².